The van der Waals surface area contributed by atoms with E-state index in [1.165, 1.54) is 0 Å². The first kappa shape index (κ1) is 15.1. The number of rotatable bonds is 8. The average molecular weight is 234 g/mol. The van der Waals surface area contributed by atoms with Gasteiger partial charge in [0, 0.05) is 19.3 Å². The molecule has 15 heavy (non-hydrogen) atoms. The summed E-state index contributed by atoms with van der Waals surface area (Å²) in [6.07, 6.45) is 3.04. The fourth-order valence-electron chi connectivity index (χ4n) is 1.40. The van der Waals surface area contributed by atoms with Crippen molar-refractivity contribution in [3.05, 3.63) is 0 Å². The molecule has 0 rings (SSSR count). The summed E-state index contributed by atoms with van der Waals surface area (Å²) in [6, 6.07) is 0.202. The molecule has 2 atom stereocenters. The van der Waals surface area contributed by atoms with E-state index in [1.807, 2.05) is 13.1 Å². The van der Waals surface area contributed by atoms with Crippen molar-refractivity contribution in [1.29, 1.82) is 0 Å². The molecular weight excluding hydrogens is 208 g/mol. The Labute approximate surface area is 94.6 Å². The van der Waals surface area contributed by atoms with Gasteiger partial charge in [0.2, 0.25) is 0 Å². The van der Waals surface area contributed by atoms with Gasteiger partial charge in [-0.05, 0) is 45.8 Å². The molecule has 0 aromatic carbocycles. The van der Waals surface area contributed by atoms with Crippen LogP contribution in [0.15, 0.2) is 0 Å². The monoisotopic (exact) mass is 234 g/mol. The summed E-state index contributed by atoms with van der Waals surface area (Å²) in [5.74, 6) is 0. The molecule has 0 saturated carbocycles. The Hall–Kier alpha value is 0.0569. The highest BCUT2D eigenvalue weighted by Gasteiger charge is 2.25. The molecule has 0 aliphatic heterocycles. The number of nitrogens with two attached hydrogens (primary N) is 2. The fourth-order valence-corrected chi connectivity index (χ4v) is 2.58. The lowest BCUT2D eigenvalue weighted by atomic mass is 10.1. The van der Waals surface area contributed by atoms with E-state index in [2.05, 4.69) is 6.92 Å². The summed E-state index contributed by atoms with van der Waals surface area (Å²) < 4.78 is 11.2. The fraction of sp³-hybridized carbons (Fsp3) is 1.00. The van der Waals surface area contributed by atoms with Gasteiger partial charge in [-0.1, -0.05) is 0 Å². The van der Waals surface area contributed by atoms with Crippen molar-refractivity contribution in [2.75, 3.05) is 13.7 Å². The summed E-state index contributed by atoms with van der Waals surface area (Å²) >= 11 is 0. The highest BCUT2D eigenvalue weighted by molar-refractivity contribution is 6.64. The normalized spacial score (nSPS) is 16.4. The highest BCUT2D eigenvalue weighted by atomic mass is 28.4. The lowest BCUT2D eigenvalue weighted by Crippen LogP contribution is -2.37. The standard InChI is InChI=1S/C10H26N2O2Si/c1-9(14-15(3,4)13-2)5-6-10(12)7-8-11/h9-10H,5-8,11-12H2,1-4H3. The van der Waals surface area contributed by atoms with Gasteiger partial charge in [-0.3, -0.25) is 0 Å². The van der Waals surface area contributed by atoms with Crippen LogP contribution in [0.5, 0.6) is 0 Å². The van der Waals surface area contributed by atoms with Crippen molar-refractivity contribution in [1.82, 2.24) is 0 Å². The van der Waals surface area contributed by atoms with Crippen LogP contribution in [-0.4, -0.2) is 34.4 Å². The predicted molar refractivity (Wildman–Crippen MR) is 65.9 cm³/mol. The number of hydrogen-bond acceptors (Lipinski definition) is 4. The van der Waals surface area contributed by atoms with Crippen molar-refractivity contribution >= 4 is 8.56 Å². The largest absolute Gasteiger partial charge is 0.398 e. The summed E-state index contributed by atoms with van der Waals surface area (Å²) in [5.41, 5.74) is 11.3. The van der Waals surface area contributed by atoms with Crippen LogP contribution in [0.3, 0.4) is 0 Å². The maximum atomic E-state index is 5.87. The lowest BCUT2D eigenvalue weighted by molar-refractivity contribution is 0.139. The van der Waals surface area contributed by atoms with Gasteiger partial charge in [-0.15, -0.1) is 0 Å². The third kappa shape index (κ3) is 7.93. The van der Waals surface area contributed by atoms with Gasteiger partial charge in [0.25, 0.3) is 0 Å². The Morgan fingerprint density at radius 1 is 1.20 bits per heavy atom. The summed E-state index contributed by atoms with van der Waals surface area (Å²) in [6.45, 7) is 6.82. The van der Waals surface area contributed by atoms with E-state index in [0.29, 0.717) is 6.54 Å². The molecule has 5 heteroatoms. The maximum Gasteiger partial charge on any atom is 0.331 e. The van der Waals surface area contributed by atoms with Gasteiger partial charge in [0.05, 0.1) is 0 Å². The molecule has 0 spiro atoms. The summed E-state index contributed by atoms with van der Waals surface area (Å²) in [7, 11) is -0.189. The van der Waals surface area contributed by atoms with Gasteiger partial charge in [-0.25, -0.2) is 0 Å². The third-order valence-electron chi connectivity index (χ3n) is 2.46. The molecule has 0 heterocycles. The molecule has 0 aromatic heterocycles. The van der Waals surface area contributed by atoms with E-state index in [0.717, 1.165) is 19.3 Å². The highest BCUT2D eigenvalue weighted by Crippen LogP contribution is 2.13. The average Bonchev–Trinajstić information content (AvgIpc) is 2.15. The zero-order valence-corrected chi connectivity index (χ0v) is 11.5. The molecule has 2 unspecified atom stereocenters. The Morgan fingerprint density at radius 3 is 2.27 bits per heavy atom. The minimum atomic E-state index is -1.90. The van der Waals surface area contributed by atoms with Crippen molar-refractivity contribution in [3.8, 4) is 0 Å². The molecule has 0 amide bonds. The van der Waals surface area contributed by atoms with Crippen LogP contribution < -0.4 is 11.5 Å². The zero-order valence-electron chi connectivity index (χ0n) is 10.5. The third-order valence-corrected chi connectivity index (χ3v) is 4.41. The first-order chi connectivity index (χ1) is 6.91. The van der Waals surface area contributed by atoms with Crippen LogP contribution in [0, 0.1) is 0 Å². The molecule has 0 aliphatic carbocycles. The summed E-state index contributed by atoms with van der Waals surface area (Å²) in [4.78, 5) is 0. The van der Waals surface area contributed by atoms with E-state index >= 15 is 0 Å². The topological polar surface area (TPSA) is 70.5 Å². The quantitative estimate of drug-likeness (QED) is 0.619. The second-order valence-electron chi connectivity index (χ2n) is 4.45. The van der Waals surface area contributed by atoms with E-state index in [9.17, 15) is 0 Å². The van der Waals surface area contributed by atoms with Crippen LogP contribution in [0.25, 0.3) is 0 Å². The molecule has 4 nitrogen and oxygen atoms in total. The van der Waals surface area contributed by atoms with Crippen molar-refractivity contribution in [2.45, 2.75) is 51.4 Å². The Morgan fingerprint density at radius 2 is 1.80 bits per heavy atom. The van der Waals surface area contributed by atoms with Crippen LogP contribution in [0.1, 0.15) is 26.2 Å². The second kappa shape index (κ2) is 7.35. The van der Waals surface area contributed by atoms with Crippen LogP contribution in [0.2, 0.25) is 13.1 Å². The van der Waals surface area contributed by atoms with Gasteiger partial charge in [0.1, 0.15) is 0 Å². The molecule has 4 N–H and O–H groups in total. The minimum absolute atomic E-state index is 0.202. The molecule has 0 bridgehead atoms. The van der Waals surface area contributed by atoms with E-state index in [4.69, 9.17) is 20.3 Å². The molecule has 0 saturated heterocycles. The Kier molecular flexibility index (Phi) is 7.38. The van der Waals surface area contributed by atoms with Gasteiger partial charge < -0.3 is 20.3 Å². The Bertz CT molecular complexity index is 168. The van der Waals surface area contributed by atoms with Crippen LogP contribution >= 0.6 is 0 Å². The predicted octanol–water partition coefficient (Wildman–Crippen LogP) is 1.20. The minimum Gasteiger partial charge on any atom is -0.398 e. The zero-order chi connectivity index (χ0) is 11.9. The van der Waals surface area contributed by atoms with Crippen LogP contribution in [0.4, 0.5) is 0 Å². The lowest BCUT2D eigenvalue weighted by Gasteiger charge is -2.25. The molecule has 92 valence electrons. The summed E-state index contributed by atoms with van der Waals surface area (Å²) in [5, 5.41) is 0. The molecular formula is C10H26N2O2Si. The van der Waals surface area contributed by atoms with Gasteiger partial charge in [0.15, 0.2) is 0 Å². The van der Waals surface area contributed by atoms with Gasteiger partial charge >= 0.3 is 8.56 Å². The molecule has 0 aliphatic rings. The van der Waals surface area contributed by atoms with E-state index < -0.39 is 8.56 Å². The molecule has 0 fully saturated rings. The van der Waals surface area contributed by atoms with Crippen molar-refractivity contribution in [2.24, 2.45) is 11.5 Å². The molecule has 0 radical (unpaired) electrons. The van der Waals surface area contributed by atoms with E-state index in [1.54, 1.807) is 7.11 Å². The molecule has 0 aromatic rings. The van der Waals surface area contributed by atoms with Crippen LogP contribution in [-0.2, 0) is 8.85 Å². The van der Waals surface area contributed by atoms with E-state index in [-0.39, 0.29) is 12.1 Å². The Balaban J connectivity index is 3.70. The first-order valence-electron chi connectivity index (χ1n) is 5.60. The number of hydrogen-bond donors (Lipinski definition) is 2. The van der Waals surface area contributed by atoms with Crippen molar-refractivity contribution < 1.29 is 8.85 Å². The van der Waals surface area contributed by atoms with Gasteiger partial charge in [-0.2, -0.15) is 0 Å². The SMILES string of the molecule is CO[Si](C)(C)OC(C)CCC(N)CCN. The second-order valence-corrected chi connectivity index (χ2v) is 7.89. The maximum absolute atomic E-state index is 5.87. The first-order valence-corrected chi connectivity index (χ1v) is 8.41. The van der Waals surface area contributed by atoms with Crippen molar-refractivity contribution in [3.63, 3.8) is 0 Å². The smallest absolute Gasteiger partial charge is 0.331 e.